The number of benzene rings is 2. The van der Waals surface area contributed by atoms with E-state index in [2.05, 4.69) is 5.32 Å². The van der Waals surface area contributed by atoms with E-state index in [4.69, 9.17) is 5.11 Å². The van der Waals surface area contributed by atoms with Crippen LogP contribution in [0.5, 0.6) is 0 Å². The summed E-state index contributed by atoms with van der Waals surface area (Å²) in [6.07, 6.45) is 0.333. The summed E-state index contributed by atoms with van der Waals surface area (Å²) in [5, 5.41) is 11.4. The summed E-state index contributed by atoms with van der Waals surface area (Å²) < 4.78 is 41.2. The number of halogens is 3. The Kier molecular flexibility index (Phi) is 9.65. The van der Waals surface area contributed by atoms with Crippen molar-refractivity contribution in [3.8, 4) is 0 Å². The zero-order chi connectivity index (χ0) is 22.9. The summed E-state index contributed by atoms with van der Waals surface area (Å²) in [4.78, 5) is 12.8. The molecule has 0 heterocycles. The second-order valence-electron chi connectivity index (χ2n) is 7.46. The molecule has 0 aliphatic rings. The minimum Gasteiger partial charge on any atom is -0.396 e. The van der Waals surface area contributed by atoms with Gasteiger partial charge in [0, 0.05) is 29.0 Å². The van der Waals surface area contributed by atoms with Crippen LogP contribution < -0.4 is 5.32 Å². The molecular formula is C24H28F3NO2S. The molecule has 0 saturated heterocycles. The van der Waals surface area contributed by atoms with E-state index in [9.17, 15) is 18.0 Å². The van der Waals surface area contributed by atoms with E-state index in [0.717, 1.165) is 41.1 Å². The molecule has 2 N–H and O–H groups in total. The first-order valence-electron chi connectivity index (χ1n) is 10.3. The van der Waals surface area contributed by atoms with Crippen molar-refractivity contribution in [2.24, 2.45) is 0 Å². The number of alkyl halides is 3. The Morgan fingerprint density at radius 1 is 1.10 bits per heavy atom. The average molecular weight is 452 g/mol. The number of rotatable bonds is 10. The van der Waals surface area contributed by atoms with Crippen LogP contribution in [0, 0.1) is 0 Å². The summed E-state index contributed by atoms with van der Waals surface area (Å²) in [6, 6.07) is 11.6. The van der Waals surface area contributed by atoms with Crippen LogP contribution in [-0.2, 0) is 11.0 Å². The van der Waals surface area contributed by atoms with Gasteiger partial charge in [-0.15, -0.1) is 0 Å². The SMILES string of the molecule is CC(C)c1ccccc1Sc1ccc(/C=C/C(=O)NCCCCCO)cc1C(F)(F)F. The Hall–Kier alpha value is -2.25. The van der Waals surface area contributed by atoms with Gasteiger partial charge in [0.05, 0.1) is 5.56 Å². The lowest BCUT2D eigenvalue weighted by molar-refractivity contribution is -0.139. The molecule has 0 fully saturated rings. The lowest BCUT2D eigenvalue weighted by atomic mass is 10.0. The maximum absolute atomic E-state index is 13.7. The molecule has 0 radical (unpaired) electrons. The zero-order valence-electron chi connectivity index (χ0n) is 17.7. The third-order valence-electron chi connectivity index (χ3n) is 4.63. The molecule has 3 nitrogen and oxygen atoms in total. The van der Waals surface area contributed by atoms with Gasteiger partial charge < -0.3 is 10.4 Å². The minimum atomic E-state index is -4.51. The summed E-state index contributed by atoms with van der Waals surface area (Å²) >= 11 is 1.11. The summed E-state index contributed by atoms with van der Waals surface area (Å²) in [6.45, 7) is 4.60. The van der Waals surface area contributed by atoms with Gasteiger partial charge in [0.15, 0.2) is 0 Å². The highest BCUT2D eigenvalue weighted by molar-refractivity contribution is 7.99. The fourth-order valence-electron chi connectivity index (χ4n) is 2.99. The van der Waals surface area contributed by atoms with Crippen molar-refractivity contribution in [1.29, 1.82) is 0 Å². The van der Waals surface area contributed by atoms with E-state index < -0.39 is 11.7 Å². The number of hydrogen-bond donors (Lipinski definition) is 2. The summed E-state index contributed by atoms with van der Waals surface area (Å²) in [5.41, 5.74) is 0.590. The first kappa shape index (κ1) is 25.0. The van der Waals surface area contributed by atoms with Crippen LogP contribution in [0.2, 0.25) is 0 Å². The molecule has 0 unspecified atom stereocenters. The van der Waals surface area contributed by atoms with Crippen molar-refractivity contribution < 1.29 is 23.1 Å². The number of unbranched alkanes of at least 4 members (excludes halogenated alkanes) is 2. The van der Waals surface area contributed by atoms with Crippen LogP contribution in [0.25, 0.3) is 6.08 Å². The van der Waals surface area contributed by atoms with Crippen molar-refractivity contribution >= 4 is 23.7 Å². The molecule has 7 heteroatoms. The van der Waals surface area contributed by atoms with E-state index in [0.29, 0.717) is 18.5 Å². The molecule has 0 aliphatic heterocycles. The van der Waals surface area contributed by atoms with Gasteiger partial charge in [0.1, 0.15) is 0 Å². The highest BCUT2D eigenvalue weighted by Gasteiger charge is 2.34. The van der Waals surface area contributed by atoms with Crippen LogP contribution in [0.4, 0.5) is 13.2 Å². The Morgan fingerprint density at radius 3 is 2.52 bits per heavy atom. The Labute approximate surface area is 185 Å². The molecule has 0 atom stereocenters. The quantitative estimate of drug-likeness (QED) is 0.331. The van der Waals surface area contributed by atoms with Gasteiger partial charge >= 0.3 is 6.18 Å². The molecule has 0 aromatic heterocycles. The van der Waals surface area contributed by atoms with E-state index in [1.807, 2.05) is 38.1 Å². The number of carbonyl (C=O) groups excluding carboxylic acids is 1. The van der Waals surface area contributed by atoms with Gasteiger partial charge in [-0.25, -0.2) is 0 Å². The van der Waals surface area contributed by atoms with Crippen molar-refractivity contribution in [2.45, 2.75) is 55.0 Å². The van der Waals surface area contributed by atoms with Crippen LogP contribution in [0.1, 0.15) is 55.7 Å². The van der Waals surface area contributed by atoms with Gasteiger partial charge in [-0.2, -0.15) is 13.2 Å². The fourth-order valence-corrected chi connectivity index (χ4v) is 4.21. The fraction of sp³-hybridized carbons (Fsp3) is 0.375. The molecular weight excluding hydrogens is 423 g/mol. The van der Waals surface area contributed by atoms with Crippen LogP contribution in [0.15, 0.2) is 58.3 Å². The number of aliphatic hydroxyl groups is 1. The van der Waals surface area contributed by atoms with Gasteiger partial charge in [-0.1, -0.05) is 49.9 Å². The molecule has 0 saturated carbocycles. The highest BCUT2D eigenvalue weighted by Crippen LogP contribution is 2.42. The number of amides is 1. The molecule has 2 aromatic rings. The Bertz CT molecular complexity index is 895. The van der Waals surface area contributed by atoms with E-state index >= 15 is 0 Å². The smallest absolute Gasteiger partial charge is 0.396 e. The van der Waals surface area contributed by atoms with E-state index in [-0.39, 0.29) is 23.3 Å². The van der Waals surface area contributed by atoms with Crippen molar-refractivity contribution in [3.63, 3.8) is 0 Å². The third kappa shape index (κ3) is 8.07. The lowest BCUT2D eigenvalue weighted by Gasteiger charge is -2.16. The molecule has 1 amide bonds. The minimum absolute atomic E-state index is 0.118. The van der Waals surface area contributed by atoms with Crippen molar-refractivity contribution in [3.05, 3.63) is 65.2 Å². The molecule has 31 heavy (non-hydrogen) atoms. The van der Waals surface area contributed by atoms with Crippen LogP contribution in [-0.4, -0.2) is 24.2 Å². The summed E-state index contributed by atoms with van der Waals surface area (Å²) in [5.74, 6) is -0.163. The normalized spacial score (nSPS) is 12.0. The largest absolute Gasteiger partial charge is 0.417 e. The first-order valence-corrected chi connectivity index (χ1v) is 11.1. The molecule has 2 rings (SSSR count). The van der Waals surface area contributed by atoms with Crippen LogP contribution in [0.3, 0.4) is 0 Å². The van der Waals surface area contributed by atoms with Gasteiger partial charge in [-0.05, 0) is 60.6 Å². The van der Waals surface area contributed by atoms with Crippen LogP contribution >= 0.6 is 11.8 Å². The van der Waals surface area contributed by atoms with Crippen molar-refractivity contribution in [2.75, 3.05) is 13.2 Å². The number of hydrogen-bond acceptors (Lipinski definition) is 3. The van der Waals surface area contributed by atoms with Crippen molar-refractivity contribution in [1.82, 2.24) is 5.32 Å². The molecule has 2 aromatic carbocycles. The average Bonchev–Trinajstić information content (AvgIpc) is 2.72. The van der Waals surface area contributed by atoms with E-state index in [1.54, 1.807) is 6.07 Å². The topological polar surface area (TPSA) is 49.3 Å². The second kappa shape index (κ2) is 12.0. The van der Waals surface area contributed by atoms with Gasteiger partial charge in [0.25, 0.3) is 0 Å². The predicted molar refractivity (Wildman–Crippen MR) is 119 cm³/mol. The first-order chi connectivity index (χ1) is 14.7. The predicted octanol–water partition coefficient (Wildman–Crippen LogP) is 6.27. The maximum Gasteiger partial charge on any atom is 0.417 e. The second-order valence-corrected chi connectivity index (χ2v) is 8.54. The standard InChI is InChI=1S/C24H28F3NO2S/c1-17(2)19-8-4-5-9-21(19)31-22-12-10-18(16-20(22)24(25,26)27)11-13-23(30)28-14-6-3-7-15-29/h4-5,8-13,16-17,29H,3,6-7,14-15H2,1-2H3,(H,28,30)/b13-11+. The zero-order valence-corrected chi connectivity index (χ0v) is 18.5. The molecule has 0 aliphatic carbocycles. The van der Waals surface area contributed by atoms with Gasteiger partial charge in [-0.3, -0.25) is 4.79 Å². The van der Waals surface area contributed by atoms with E-state index in [1.165, 1.54) is 18.2 Å². The maximum atomic E-state index is 13.7. The molecule has 168 valence electrons. The highest BCUT2D eigenvalue weighted by atomic mass is 32.2. The molecule has 0 spiro atoms. The lowest BCUT2D eigenvalue weighted by Crippen LogP contribution is -2.22. The third-order valence-corrected chi connectivity index (χ3v) is 5.80. The number of carbonyl (C=O) groups is 1. The Balaban J connectivity index is 2.16. The van der Waals surface area contributed by atoms with Gasteiger partial charge in [0.2, 0.25) is 5.91 Å². The summed E-state index contributed by atoms with van der Waals surface area (Å²) in [7, 11) is 0. The number of aliphatic hydroxyl groups excluding tert-OH is 1. The Morgan fingerprint density at radius 2 is 1.84 bits per heavy atom. The molecule has 0 bridgehead atoms. The monoisotopic (exact) mass is 451 g/mol. The number of nitrogens with one attached hydrogen (secondary N) is 1.